The Morgan fingerprint density at radius 3 is 3.30 bits per heavy atom. The van der Waals surface area contributed by atoms with E-state index in [0.717, 1.165) is 38.3 Å². The van der Waals surface area contributed by atoms with Crippen LogP contribution in [0.4, 0.5) is 5.69 Å². The molecule has 0 aliphatic carbocycles. The van der Waals surface area contributed by atoms with Crippen LogP contribution in [0.5, 0.6) is 5.75 Å². The Hall–Kier alpha value is -1.75. The second kappa shape index (κ2) is 5.71. The van der Waals surface area contributed by atoms with E-state index in [1.807, 2.05) is 6.07 Å². The summed E-state index contributed by atoms with van der Waals surface area (Å²) in [6.07, 6.45) is 2.08. The van der Waals surface area contributed by atoms with Gasteiger partial charge in [-0.05, 0) is 18.6 Å². The number of hydroxylamine groups is 1. The summed E-state index contributed by atoms with van der Waals surface area (Å²) in [6, 6.07) is 6.27. The Labute approximate surface area is 118 Å². The summed E-state index contributed by atoms with van der Waals surface area (Å²) >= 11 is 0. The first-order valence-corrected chi connectivity index (χ1v) is 7.12. The van der Waals surface area contributed by atoms with E-state index in [1.54, 1.807) is 0 Å². The number of rotatable bonds is 4. The van der Waals surface area contributed by atoms with Crippen LogP contribution < -0.4 is 15.1 Å². The van der Waals surface area contributed by atoms with E-state index >= 15 is 0 Å². The number of hydrogen-bond acceptors (Lipinski definition) is 4. The molecule has 3 rings (SSSR count). The Bertz CT molecular complexity index is 504. The second-order valence-electron chi connectivity index (χ2n) is 5.42. The molecule has 0 bridgehead atoms. The lowest BCUT2D eigenvalue weighted by Crippen LogP contribution is -2.26. The lowest BCUT2D eigenvalue weighted by atomic mass is 10.1. The van der Waals surface area contributed by atoms with Crippen LogP contribution in [0.25, 0.3) is 0 Å². The van der Waals surface area contributed by atoms with Gasteiger partial charge < -0.3 is 9.64 Å². The third kappa shape index (κ3) is 2.72. The minimum atomic E-state index is -0.155. The van der Waals surface area contributed by atoms with Crippen molar-refractivity contribution in [1.82, 2.24) is 5.48 Å². The molecule has 1 saturated heterocycles. The van der Waals surface area contributed by atoms with Crippen LogP contribution in [0.3, 0.4) is 0 Å². The molecule has 1 unspecified atom stereocenters. The third-order valence-electron chi connectivity index (χ3n) is 3.88. The van der Waals surface area contributed by atoms with Gasteiger partial charge in [0, 0.05) is 43.6 Å². The fraction of sp³-hybridized carbons (Fsp3) is 0.533. The van der Waals surface area contributed by atoms with Gasteiger partial charge in [-0.15, -0.1) is 0 Å². The molecular weight excluding hydrogens is 256 g/mol. The number of fused-ring (bicyclic) bond motifs is 1. The second-order valence-corrected chi connectivity index (χ2v) is 5.42. The van der Waals surface area contributed by atoms with Gasteiger partial charge in [0.05, 0.1) is 13.2 Å². The van der Waals surface area contributed by atoms with Crippen molar-refractivity contribution in [3.05, 3.63) is 23.8 Å². The van der Waals surface area contributed by atoms with Gasteiger partial charge in [-0.25, -0.2) is 5.48 Å². The van der Waals surface area contributed by atoms with E-state index in [4.69, 9.17) is 9.57 Å². The predicted molar refractivity (Wildman–Crippen MR) is 75.7 cm³/mol. The number of amides is 1. The zero-order valence-corrected chi connectivity index (χ0v) is 11.7. The number of anilines is 1. The molecule has 5 nitrogen and oxygen atoms in total. The zero-order chi connectivity index (χ0) is 13.9. The minimum Gasteiger partial charge on any atom is -0.493 e. The molecule has 0 saturated carbocycles. The average Bonchev–Trinajstić information content (AvgIpc) is 3.06. The number of nitrogens with one attached hydrogen (secondary N) is 1. The normalized spacial score (nSPS) is 20.6. The molecule has 5 heteroatoms. The summed E-state index contributed by atoms with van der Waals surface area (Å²) in [4.78, 5) is 18.4. The van der Waals surface area contributed by atoms with Crippen LogP contribution in [0.2, 0.25) is 0 Å². The third-order valence-corrected chi connectivity index (χ3v) is 3.88. The molecule has 2 aliphatic rings. The van der Waals surface area contributed by atoms with E-state index in [-0.39, 0.29) is 5.91 Å². The molecule has 108 valence electrons. The summed E-state index contributed by atoms with van der Waals surface area (Å²) in [5, 5.41) is 0. The topological polar surface area (TPSA) is 50.8 Å². The minimum absolute atomic E-state index is 0.155. The first-order chi connectivity index (χ1) is 9.74. The molecule has 0 aromatic heterocycles. The van der Waals surface area contributed by atoms with E-state index in [2.05, 4.69) is 22.5 Å². The molecular formula is C15H20N2O3. The fourth-order valence-corrected chi connectivity index (χ4v) is 2.95. The van der Waals surface area contributed by atoms with Gasteiger partial charge in [0.1, 0.15) is 5.75 Å². The molecule has 0 spiro atoms. The number of benzene rings is 1. The lowest BCUT2D eigenvalue weighted by molar-refractivity contribution is -0.132. The SMILES string of the molecule is CC(=O)NOCC1CCN(c2cccc3c2CCO3)C1. The van der Waals surface area contributed by atoms with Crippen LogP contribution >= 0.6 is 0 Å². The Morgan fingerprint density at radius 1 is 1.55 bits per heavy atom. The summed E-state index contributed by atoms with van der Waals surface area (Å²) in [5.41, 5.74) is 5.01. The number of hydrogen-bond donors (Lipinski definition) is 1. The highest BCUT2D eigenvalue weighted by molar-refractivity contribution is 5.71. The number of ether oxygens (including phenoxy) is 1. The van der Waals surface area contributed by atoms with E-state index < -0.39 is 0 Å². The predicted octanol–water partition coefficient (Wildman–Crippen LogP) is 1.52. The number of carbonyl (C=O) groups excluding carboxylic acids is 1. The summed E-state index contributed by atoms with van der Waals surface area (Å²) in [5.74, 6) is 1.33. The number of nitrogens with zero attached hydrogens (tertiary/aromatic N) is 1. The Morgan fingerprint density at radius 2 is 2.45 bits per heavy atom. The van der Waals surface area contributed by atoms with Crippen molar-refractivity contribution >= 4 is 11.6 Å². The van der Waals surface area contributed by atoms with Crippen molar-refractivity contribution in [3.8, 4) is 5.75 Å². The highest BCUT2D eigenvalue weighted by Gasteiger charge is 2.26. The molecule has 2 aliphatic heterocycles. The summed E-state index contributed by atoms with van der Waals surface area (Å²) in [7, 11) is 0. The van der Waals surface area contributed by atoms with Gasteiger partial charge in [0.15, 0.2) is 0 Å². The van der Waals surface area contributed by atoms with Gasteiger partial charge >= 0.3 is 0 Å². The van der Waals surface area contributed by atoms with E-state index in [1.165, 1.54) is 18.2 Å². The Balaban J connectivity index is 1.60. The molecule has 1 aromatic carbocycles. The fourth-order valence-electron chi connectivity index (χ4n) is 2.95. The lowest BCUT2D eigenvalue weighted by Gasteiger charge is -2.21. The van der Waals surface area contributed by atoms with Crippen molar-refractivity contribution in [3.63, 3.8) is 0 Å². The highest BCUT2D eigenvalue weighted by atomic mass is 16.6. The van der Waals surface area contributed by atoms with Gasteiger partial charge in [0.25, 0.3) is 0 Å². The largest absolute Gasteiger partial charge is 0.493 e. The molecule has 1 fully saturated rings. The van der Waals surface area contributed by atoms with E-state index in [0.29, 0.717) is 12.5 Å². The molecule has 2 heterocycles. The maximum absolute atomic E-state index is 10.8. The summed E-state index contributed by atoms with van der Waals surface area (Å²) < 4.78 is 5.62. The first-order valence-electron chi connectivity index (χ1n) is 7.12. The van der Waals surface area contributed by atoms with Gasteiger partial charge in [-0.1, -0.05) is 6.07 Å². The molecule has 1 atom stereocenters. The first kappa shape index (κ1) is 13.2. The van der Waals surface area contributed by atoms with Crippen LogP contribution in [0, 0.1) is 5.92 Å². The maximum Gasteiger partial charge on any atom is 0.240 e. The van der Waals surface area contributed by atoms with Crippen molar-refractivity contribution in [1.29, 1.82) is 0 Å². The van der Waals surface area contributed by atoms with Crippen molar-refractivity contribution in [2.45, 2.75) is 19.8 Å². The van der Waals surface area contributed by atoms with Crippen LogP contribution in [0.1, 0.15) is 18.9 Å². The maximum atomic E-state index is 10.8. The molecule has 0 radical (unpaired) electrons. The molecule has 20 heavy (non-hydrogen) atoms. The zero-order valence-electron chi connectivity index (χ0n) is 11.7. The van der Waals surface area contributed by atoms with Gasteiger partial charge in [0.2, 0.25) is 5.91 Å². The molecule has 1 N–H and O–H groups in total. The quantitative estimate of drug-likeness (QED) is 0.847. The van der Waals surface area contributed by atoms with E-state index in [9.17, 15) is 4.79 Å². The van der Waals surface area contributed by atoms with Crippen LogP contribution in [-0.2, 0) is 16.1 Å². The van der Waals surface area contributed by atoms with Gasteiger partial charge in [-0.3, -0.25) is 9.63 Å². The average molecular weight is 276 g/mol. The van der Waals surface area contributed by atoms with Crippen molar-refractivity contribution in [2.75, 3.05) is 31.2 Å². The highest BCUT2D eigenvalue weighted by Crippen LogP contribution is 2.36. The number of carbonyl (C=O) groups is 1. The standard InChI is InChI=1S/C15H20N2O3/c1-11(18)16-20-10-12-5-7-17(9-12)14-3-2-4-15-13(14)6-8-19-15/h2-4,12H,5-10H2,1H3,(H,16,18). The van der Waals surface area contributed by atoms with Crippen molar-refractivity contribution in [2.24, 2.45) is 5.92 Å². The van der Waals surface area contributed by atoms with Crippen LogP contribution in [0.15, 0.2) is 18.2 Å². The van der Waals surface area contributed by atoms with Crippen LogP contribution in [-0.4, -0.2) is 32.2 Å². The monoisotopic (exact) mass is 276 g/mol. The molecule has 1 aromatic rings. The summed E-state index contributed by atoms with van der Waals surface area (Å²) in [6.45, 7) is 4.81. The molecule has 1 amide bonds. The smallest absolute Gasteiger partial charge is 0.240 e. The van der Waals surface area contributed by atoms with Gasteiger partial charge in [-0.2, -0.15) is 0 Å². The van der Waals surface area contributed by atoms with Crippen molar-refractivity contribution < 1.29 is 14.4 Å². The Kier molecular flexibility index (Phi) is 3.78.